The van der Waals surface area contributed by atoms with Crippen LogP contribution in [0, 0.1) is 0 Å². The third kappa shape index (κ3) is 5.03. The van der Waals surface area contributed by atoms with Crippen molar-refractivity contribution in [1.82, 2.24) is 9.97 Å². The van der Waals surface area contributed by atoms with Crippen molar-refractivity contribution >= 4 is 39.6 Å². The number of carbonyl (C=O) groups excluding carboxylic acids is 1. The Morgan fingerprint density at radius 1 is 1.21 bits per heavy atom. The Hall–Kier alpha value is -3.12. The number of nitrogens with one attached hydrogen (secondary N) is 1. The van der Waals surface area contributed by atoms with Crippen LogP contribution in [0.15, 0.2) is 47.3 Å². The number of rotatable bonds is 7. The van der Waals surface area contributed by atoms with Gasteiger partial charge < -0.3 is 14.5 Å². The number of nitrogens with zero attached hydrogens (tertiary/aromatic N) is 1. The van der Waals surface area contributed by atoms with Crippen LogP contribution in [0.4, 0.5) is 0 Å². The smallest absolute Gasteiger partial charge is 0.337 e. The Kier molecular flexibility index (Phi) is 6.67. The molecule has 6 nitrogen and oxygen atoms in total. The fourth-order valence-electron chi connectivity index (χ4n) is 2.71. The molecule has 1 N–H and O–H groups in total. The number of carbonyl (C=O) groups is 1. The molecule has 0 bridgehead atoms. The van der Waals surface area contributed by atoms with Crippen LogP contribution >= 0.6 is 11.6 Å². The number of aromatic amines is 1. The molecule has 0 amide bonds. The van der Waals surface area contributed by atoms with Crippen LogP contribution in [0.3, 0.4) is 0 Å². The molecule has 0 fully saturated rings. The number of H-pyrrole nitrogens is 1. The second kappa shape index (κ2) is 9.39. The monoisotopic (exact) mass is 412 g/mol. The van der Waals surface area contributed by atoms with Crippen molar-refractivity contribution in [2.24, 2.45) is 0 Å². The summed E-state index contributed by atoms with van der Waals surface area (Å²) in [6, 6.07) is 12.0. The lowest BCUT2D eigenvalue weighted by Gasteiger charge is -2.06. The third-order valence-electron chi connectivity index (χ3n) is 4.29. The molecule has 2 aromatic carbocycles. The summed E-state index contributed by atoms with van der Waals surface area (Å²) < 4.78 is 10.4. The summed E-state index contributed by atoms with van der Waals surface area (Å²) in [4.78, 5) is 31.2. The average molecular weight is 413 g/mol. The van der Waals surface area contributed by atoms with Gasteiger partial charge in [0, 0.05) is 0 Å². The highest BCUT2D eigenvalue weighted by Crippen LogP contribution is 2.22. The van der Waals surface area contributed by atoms with Crippen molar-refractivity contribution in [2.45, 2.75) is 19.8 Å². The van der Waals surface area contributed by atoms with Gasteiger partial charge in [0.1, 0.15) is 5.75 Å². The molecule has 3 aromatic rings. The lowest BCUT2D eigenvalue weighted by molar-refractivity contribution is 0.0601. The minimum absolute atomic E-state index is 0.217. The van der Waals surface area contributed by atoms with E-state index in [0.29, 0.717) is 23.1 Å². The molecular formula is C22H21ClN2O4. The Morgan fingerprint density at radius 3 is 2.66 bits per heavy atom. The van der Waals surface area contributed by atoms with Crippen molar-refractivity contribution in [3.63, 3.8) is 0 Å². The summed E-state index contributed by atoms with van der Waals surface area (Å²) in [5, 5.41) is 0.631. The Labute approximate surface area is 173 Å². The van der Waals surface area contributed by atoms with Crippen LogP contribution in [-0.2, 0) is 4.74 Å². The lowest BCUT2D eigenvalue weighted by Crippen LogP contribution is -2.11. The molecule has 1 heterocycles. The van der Waals surface area contributed by atoms with Crippen LogP contribution < -0.4 is 10.3 Å². The highest BCUT2D eigenvalue weighted by atomic mass is 35.5. The van der Waals surface area contributed by atoms with Crippen molar-refractivity contribution in [3.05, 3.63) is 69.8 Å². The number of methoxy groups -OCH3 is 1. The number of unbranched alkanes of at least 4 members (excludes halogenated alkanes) is 1. The molecule has 1 aromatic heterocycles. The second-order valence-corrected chi connectivity index (χ2v) is 6.81. The van der Waals surface area contributed by atoms with Crippen LogP contribution in [0.1, 0.15) is 41.5 Å². The fraction of sp³-hybridized carbons (Fsp3) is 0.227. The summed E-state index contributed by atoms with van der Waals surface area (Å²) in [5.41, 5.74) is 1.16. The van der Waals surface area contributed by atoms with Gasteiger partial charge in [0.2, 0.25) is 0 Å². The molecule has 0 atom stereocenters. The van der Waals surface area contributed by atoms with Gasteiger partial charge in [0.25, 0.3) is 5.56 Å². The lowest BCUT2D eigenvalue weighted by atomic mass is 10.1. The standard InChI is InChI=1S/C22H21ClN2O4/c1-3-4-11-29-16-8-5-14(6-9-16)12-18(23)20-24-19-13-15(22(27)28-2)7-10-17(19)21(26)25-20/h5-10,12-13H,3-4,11H2,1-2H3,(H,24,25,26)/b18-12-. The first-order valence-electron chi connectivity index (χ1n) is 9.24. The van der Waals surface area contributed by atoms with E-state index in [1.807, 2.05) is 24.3 Å². The predicted molar refractivity (Wildman–Crippen MR) is 114 cm³/mol. The Morgan fingerprint density at radius 2 is 1.97 bits per heavy atom. The number of esters is 1. The van der Waals surface area contributed by atoms with Crippen LogP contribution in [0.2, 0.25) is 0 Å². The first-order chi connectivity index (χ1) is 14.0. The van der Waals surface area contributed by atoms with Gasteiger partial charge in [-0.05, 0) is 48.4 Å². The summed E-state index contributed by atoms with van der Waals surface area (Å²) in [5.74, 6) is 0.507. The van der Waals surface area contributed by atoms with E-state index in [1.165, 1.54) is 25.3 Å². The maximum absolute atomic E-state index is 12.4. The van der Waals surface area contributed by atoms with Gasteiger partial charge in [-0.3, -0.25) is 4.79 Å². The van der Waals surface area contributed by atoms with Crippen LogP contribution in [0.5, 0.6) is 5.75 Å². The SMILES string of the molecule is CCCCOc1ccc(/C=C(\Cl)c2nc3cc(C(=O)OC)ccc3c(=O)[nH]2)cc1. The third-order valence-corrected chi connectivity index (χ3v) is 4.58. The Balaban J connectivity index is 1.88. The Bertz CT molecular complexity index is 1100. The van der Waals surface area contributed by atoms with E-state index in [2.05, 4.69) is 16.9 Å². The van der Waals surface area contributed by atoms with Crippen LogP contribution in [0.25, 0.3) is 22.0 Å². The molecule has 29 heavy (non-hydrogen) atoms. The zero-order valence-electron chi connectivity index (χ0n) is 16.2. The normalized spacial score (nSPS) is 11.5. The van der Waals surface area contributed by atoms with Gasteiger partial charge in [-0.2, -0.15) is 0 Å². The largest absolute Gasteiger partial charge is 0.494 e. The van der Waals surface area contributed by atoms with Crippen molar-refractivity contribution in [2.75, 3.05) is 13.7 Å². The maximum Gasteiger partial charge on any atom is 0.337 e. The van der Waals surface area contributed by atoms with Crippen molar-refractivity contribution < 1.29 is 14.3 Å². The molecule has 0 saturated carbocycles. The summed E-state index contributed by atoms with van der Waals surface area (Å²) >= 11 is 6.39. The number of aromatic nitrogens is 2. The molecular weight excluding hydrogens is 392 g/mol. The molecule has 0 saturated heterocycles. The number of hydrogen-bond donors (Lipinski definition) is 1. The van der Waals surface area contributed by atoms with Gasteiger partial charge in [-0.15, -0.1) is 0 Å². The highest BCUT2D eigenvalue weighted by molar-refractivity contribution is 6.50. The minimum atomic E-state index is -0.501. The quantitative estimate of drug-likeness (QED) is 0.452. The van der Waals surface area contributed by atoms with E-state index in [1.54, 1.807) is 6.08 Å². The van der Waals surface area contributed by atoms with E-state index in [9.17, 15) is 9.59 Å². The molecule has 0 aliphatic carbocycles. The zero-order valence-corrected chi connectivity index (χ0v) is 17.0. The van der Waals surface area contributed by atoms with Gasteiger partial charge in [0.05, 0.1) is 35.2 Å². The molecule has 0 spiro atoms. The fourth-order valence-corrected chi connectivity index (χ4v) is 2.92. The molecule has 0 aliphatic rings. The first-order valence-corrected chi connectivity index (χ1v) is 9.62. The first kappa shape index (κ1) is 20.6. The molecule has 0 radical (unpaired) electrons. The average Bonchev–Trinajstić information content (AvgIpc) is 2.74. The zero-order chi connectivity index (χ0) is 20.8. The summed E-state index contributed by atoms with van der Waals surface area (Å²) in [6.45, 7) is 2.79. The topological polar surface area (TPSA) is 81.3 Å². The summed E-state index contributed by atoms with van der Waals surface area (Å²) in [7, 11) is 1.29. The molecule has 150 valence electrons. The second-order valence-electron chi connectivity index (χ2n) is 6.40. The number of benzene rings is 2. The number of halogens is 1. The van der Waals surface area contributed by atoms with Crippen molar-refractivity contribution in [1.29, 1.82) is 0 Å². The highest BCUT2D eigenvalue weighted by Gasteiger charge is 2.11. The molecule has 3 rings (SSSR count). The summed E-state index contributed by atoms with van der Waals surface area (Å²) in [6.07, 6.45) is 3.78. The molecule has 0 unspecified atom stereocenters. The number of fused-ring (bicyclic) bond motifs is 1. The van der Waals surface area contributed by atoms with Crippen molar-refractivity contribution in [3.8, 4) is 5.75 Å². The van der Waals surface area contributed by atoms with Gasteiger partial charge in [-0.25, -0.2) is 9.78 Å². The minimum Gasteiger partial charge on any atom is -0.494 e. The van der Waals surface area contributed by atoms with E-state index in [0.717, 1.165) is 24.2 Å². The van der Waals surface area contributed by atoms with Crippen LogP contribution in [-0.4, -0.2) is 29.7 Å². The number of hydrogen-bond acceptors (Lipinski definition) is 5. The predicted octanol–water partition coefficient (Wildman–Crippen LogP) is 4.63. The van der Waals surface area contributed by atoms with Gasteiger partial charge in [-0.1, -0.05) is 37.1 Å². The van der Waals surface area contributed by atoms with E-state index in [-0.39, 0.29) is 16.4 Å². The van der Waals surface area contributed by atoms with E-state index in [4.69, 9.17) is 21.1 Å². The van der Waals surface area contributed by atoms with Gasteiger partial charge in [0.15, 0.2) is 5.82 Å². The number of ether oxygens (including phenoxy) is 2. The van der Waals surface area contributed by atoms with Gasteiger partial charge >= 0.3 is 5.97 Å². The van der Waals surface area contributed by atoms with E-state index < -0.39 is 5.97 Å². The molecule has 7 heteroatoms. The van der Waals surface area contributed by atoms with E-state index >= 15 is 0 Å². The molecule has 0 aliphatic heterocycles. The maximum atomic E-state index is 12.4.